The van der Waals surface area contributed by atoms with E-state index in [9.17, 15) is 9.59 Å². The molecule has 1 spiro atoms. The normalized spacial score (nSPS) is 19.5. The van der Waals surface area contributed by atoms with Crippen LogP contribution < -0.4 is 0 Å². The first-order chi connectivity index (χ1) is 17.6. The number of ether oxygens (including phenoxy) is 1. The Labute approximate surface area is 212 Å². The lowest BCUT2D eigenvalue weighted by atomic mass is 9.76. The second-order valence-electron chi connectivity index (χ2n) is 9.60. The maximum Gasteiger partial charge on any atom is 0.311 e. The molecule has 3 heterocycles. The zero-order valence-electron chi connectivity index (χ0n) is 20.7. The first-order valence-electron chi connectivity index (χ1n) is 12.5. The molecule has 3 aromatic rings. The number of esters is 1. The van der Waals surface area contributed by atoms with Crippen molar-refractivity contribution in [3.8, 4) is 16.9 Å². The number of rotatable bonds is 7. The average molecular weight is 485 g/mol. The van der Waals surface area contributed by atoms with Gasteiger partial charge in [0.2, 0.25) is 5.91 Å². The highest BCUT2D eigenvalue weighted by molar-refractivity contribution is 5.89. The molecule has 0 radical (unpaired) electrons. The van der Waals surface area contributed by atoms with Gasteiger partial charge in [0.15, 0.2) is 0 Å². The highest BCUT2D eigenvalue weighted by Gasteiger charge is 2.56. The third-order valence-corrected chi connectivity index (χ3v) is 7.64. The first-order valence-corrected chi connectivity index (χ1v) is 12.5. The third-order valence-electron chi connectivity index (χ3n) is 7.64. The molecule has 36 heavy (non-hydrogen) atoms. The van der Waals surface area contributed by atoms with Gasteiger partial charge in [-0.25, -0.2) is 4.68 Å². The Hall–Kier alpha value is -3.71. The van der Waals surface area contributed by atoms with Crippen LogP contribution >= 0.6 is 0 Å². The van der Waals surface area contributed by atoms with E-state index >= 15 is 0 Å². The molecular weight excluding hydrogens is 452 g/mol. The molecule has 2 fully saturated rings. The number of nitrogens with zero attached hydrogens (tertiary/aromatic N) is 4. The number of hydrogen-bond donors (Lipinski definition) is 0. The zero-order valence-corrected chi connectivity index (χ0v) is 20.7. The molecule has 0 N–H and O–H groups in total. The van der Waals surface area contributed by atoms with E-state index in [0.29, 0.717) is 6.54 Å². The molecule has 2 aliphatic heterocycles. The van der Waals surface area contributed by atoms with Crippen molar-refractivity contribution in [2.24, 2.45) is 5.92 Å². The topological polar surface area (TPSA) is 67.7 Å². The van der Waals surface area contributed by atoms with Gasteiger partial charge in [-0.05, 0) is 25.0 Å². The fourth-order valence-electron chi connectivity index (χ4n) is 5.80. The lowest BCUT2D eigenvalue weighted by molar-refractivity contribution is -0.150. The summed E-state index contributed by atoms with van der Waals surface area (Å²) in [7, 11) is 1.40. The highest BCUT2D eigenvalue weighted by Crippen LogP contribution is 2.44. The monoisotopic (exact) mass is 484 g/mol. The number of methoxy groups -OCH3 is 1. The summed E-state index contributed by atoms with van der Waals surface area (Å²) in [5, 5.41) is 4.94. The summed E-state index contributed by atoms with van der Waals surface area (Å²) in [5.74, 6) is -0.717. The summed E-state index contributed by atoms with van der Waals surface area (Å²) in [5.41, 5.74) is 3.71. The highest BCUT2D eigenvalue weighted by atomic mass is 16.5. The van der Waals surface area contributed by atoms with Gasteiger partial charge in [-0.15, -0.1) is 6.58 Å². The number of hydrogen-bond acceptors (Lipinski definition) is 5. The Morgan fingerprint density at radius 3 is 2.42 bits per heavy atom. The third kappa shape index (κ3) is 4.35. The van der Waals surface area contributed by atoms with Crippen LogP contribution in [0.1, 0.15) is 24.8 Å². The lowest BCUT2D eigenvalue weighted by Crippen LogP contribution is -2.57. The molecule has 1 unspecified atom stereocenters. The van der Waals surface area contributed by atoms with Crippen LogP contribution in [0.3, 0.4) is 0 Å². The molecule has 7 nitrogen and oxygen atoms in total. The molecule has 1 amide bonds. The van der Waals surface area contributed by atoms with Crippen molar-refractivity contribution in [2.75, 3.05) is 26.7 Å². The molecule has 0 bridgehead atoms. The molecule has 186 valence electrons. The number of amides is 1. The van der Waals surface area contributed by atoms with Gasteiger partial charge in [-0.3, -0.25) is 14.5 Å². The molecule has 2 saturated heterocycles. The summed E-state index contributed by atoms with van der Waals surface area (Å²) in [6.07, 6.45) is 5.51. The maximum absolute atomic E-state index is 12.8. The quantitative estimate of drug-likeness (QED) is 0.373. The number of aromatic nitrogens is 2. The van der Waals surface area contributed by atoms with E-state index in [-0.39, 0.29) is 18.3 Å². The van der Waals surface area contributed by atoms with Gasteiger partial charge >= 0.3 is 5.97 Å². The van der Waals surface area contributed by atoms with Gasteiger partial charge < -0.3 is 9.64 Å². The molecule has 5 rings (SSSR count). The fourth-order valence-corrected chi connectivity index (χ4v) is 5.80. The van der Waals surface area contributed by atoms with Crippen molar-refractivity contribution in [1.29, 1.82) is 0 Å². The molecular formula is C29H32N4O3. The molecule has 1 atom stereocenters. The van der Waals surface area contributed by atoms with Crippen LogP contribution in [0.15, 0.2) is 79.5 Å². The van der Waals surface area contributed by atoms with Crippen LogP contribution in [0.25, 0.3) is 16.9 Å². The Bertz CT molecular complexity index is 1230. The Morgan fingerprint density at radius 2 is 1.78 bits per heavy atom. The zero-order chi connectivity index (χ0) is 25.1. The lowest BCUT2D eigenvalue weighted by Gasteiger charge is -2.46. The largest absolute Gasteiger partial charge is 0.469 e. The predicted molar refractivity (Wildman–Crippen MR) is 138 cm³/mol. The van der Waals surface area contributed by atoms with Crippen LogP contribution in [-0.2, 0) is 20.9 Å². The van der Waals surface area contributed by atoms with Gasteiger partial charge in [-0.2, -0.15) is 5.10 Å². The Morgan fingerprint density at radius 1 is 1.11 bits per heavy atom. The van der Waals surface area contributed by atoms with E-state index in [2.05, 4.69) is 41.9 Å². The molecule has 7 heteroatoms. The molecule has 2 aromatic carbocycles. The maximum atomic E-state index is 12.8. The summed E-state index contributed by atoms with van der Waals surface area (Å²) in [6.45, 7) is 6.58. The molecule has 0 saturated carbocycles. The molecule has 2 aliphatic rings. The fraction of sp³-hybridized carbons (Fsp3) is 0.345. The summed E-state index contributed by atoms with van der Waals surface area (Å²) >= 11 is 0. The standard InChI is InChI=1S/C29H32N4O3/c1-3-16-32-26(34)19-25(28(35)36-2)29(32)14-17-31(18-15-29)20-23-21-33(24-12-8-5-9-13-24)30-27(23)22-10-6-4-7-11-22/h3-13,21,25H,1,14-20H2,2H3. The van der Waals surface area contributed by atoms with Gasteiger partial charge in [0, 0.05) is 49.9 Å². The number of carbonyl (C=O) groups is 2. The first kappa shape index (κ1) is 24.0. The minimum Gasteiger partial charge on any atom is -0.469 e. The summed E-state index contributed by atoms with van der Waals surface area (Å²) < 4.78 is 7.04. The Balaban J connectivity index is 1.40. The second kappa shape index (κ2) is 10.1. The van der Waals surface area contributed by atoms with Crippen molar-refractivity contribution in [3.63, 3.8) is 0 Å². The van der Waals surface area contributed by atoms with Gasteiger partial charge in [0.1, 0.15) is 0 Å². The smallest absolute Gasteiger partial charge is 0.311 e. The number of benzene rings is 2. The van der Waals surface area contributed by atoms with Crippen LogP contribution in [0.5, 0.6) is 0 Å². The van der Waals surface area contributed by atoms with Crippen molar-refractivity contribution < 1.29 is 14.3 Å². The van der Waals surface area contributed by atoms with E-state index in [1.165, 1.54) is 7.11 Å². The van der Waals surface area contributed by atoms with E-state index in [1.807, 2.05) is 46.0 Å². The van der Waals surface area contributed by atoms with E-state index < -0.39 is 11.5 Å². The van der Waals surface area contributed by atoms with Crippen molar-refractivity contribution in [1.82, 2.24) is 19.6 Å². The van der Waals surface area contributed by atoms with Crippen molar-refractivity contribution in [2.45, 2.75) is 31.3 Å². The van der Waals surface area contributed by atoms with E-state index in [1.54, 1.807) is 6.08 Å². The van der Waals surface area contributed by atoms with E-state index in [0.717, 1.165) is 55.0 Å². The van der Waals surface area contributed by atoms with Crippen molar-refractivity contribution in [3.05, 3.63) is 85.1 Å². The van der Waals surface area contributed by atoms with Crippen LogP contribution in [0.4, 0.5) is 0 Å². The summed E-state index contributed by atoms with van der Waals surface area (Å²) in [6, 6.07) is 20.4. The van der Waals surface area contributed by atoms with Gasteiger partial charge in [-0.1, -0.05) is 54.6 Å². The number of carbonyl (C=O) groups excluding carboxylic acids is 2. The van der Waals surface area contributed by atoms with Crippen LogP contribution in [0.2, 0.25) is 0 Å². The number of likely N-dealkylation sites (tertiary alicyclic amines) is 2. The minimum absolute atomic E-state index is 0.00857. The van der Waals surface area contributed by atoms with Gasteiger partial charge in [0.05, 0.1) is 29.9 Å². The van der Waals surface area contributed by atoms with Crippen molar-refractivity contribution >= 4 is 11.9 Å². The minimum atomic E-state index is -0.509. The Kier molecular flexibility index (Phi) is 6.74. The number of para-hydroxylation sites is 1. The average Bonchev–Trinajstić information content (AvgIpc) is 3.46. The number of piperidine rings is 1. The second-order valence-corrected chi connectivity index (χ2v) is 9.60. The molecule has 1 aromatic heterocycles. The van der Waals surface area contributed by atoms with Gasteiger partial charge in [0.25, 0.3) is 0 Å². The molecule has 0 aliphatic carbocycles. The summed E-state index contributed by atoms with van der Waals surface area (Å²) in [4.78, 5) is 29.7. The van der Waals surface area contributed by atoms with Crippen LogP contribution in [-0.4, -0.2) is 63.7 Å². The van der Waals surface area contributed by atoms with Crippen LogP contribution in [0, 0.1) is 5.92 Å². The predicted octanol–water partition coefficient (Wildman–Crippen LogP) is 4.08. The van der Waals surface area contributed by atoms with E-state index in [4.69, 9.17) is 9.84 Å². The SMILES string of the molecule is C=CCN1C(=O)CC(C(=O)OC)C12CCN(Cc1cn(-c3ccccc3)nc1-c1ccccc1)CC2.